The molecule has 1 aliphatic rings. The van der Waals surface area contributed by atoms with Crippen LogP contribution >= 0.6 is 0 Å². The predicted molar refractivity (Wildman–Crippen MR) is 74.9 cm³/mol. The summed E-state index contributed by atoms with van der Waals surface area (Å²) in [6.45, 7) is 4.26. The minimum absolute atomic E-state index is 0.0305. The molecule has 5 heteroatoms. The fraction of sp³-hybridized carbons (Fsp3) is 0.467. The fourth-order valence-electron chi connectivity index (χ4n) is 2.36. The van der Waals surface area contributed by atoms with Crippen LogP contribution in [0.2, 0.25) is 0 Å². The molecule has 5 nitrogen and oxygen atoms in total. The molecule has 2 rings (SSSR count). The average molecular weight is 276 g/mol. The number of nitrogens with one attached hydrogen (secondary N) is 2. The van der Waals surface area contributed by atoms with Crippen molar-refractivity contribution in [1.82, 2.24) is 10.6 Å². The second-order valence-electron chi connectivity index (χ2n) is 5.35. The molecule has 0 bridgehead atoms. The van der Waals surface area contributed by atoms with Gasteiger partial charge in [0.15, 0.2) is 0 Å². The molecule has 0 aliphatic carbocycles. The van der Waals surface area contributed by atoms with Crippen LogP contribution in [0.15, 0.2) is 30.3 Å². The minimum Gasteiger partial charge on any atom is -0.445 e. The lowest BCUT2D eigenvalue weighted by molar-refractivity contribution is -0.119. The van der Waals surface area contributed by atoms with E-state index in [4.69, 9.17) is 4.74 Å². The Morgan fingerprint density at radius 3 is 2.75 bits per heavy atom. The first-order valence-electron chi connectivity index (χ1n) is 6.83. The van der Waals surface area contributed by atoms with Crippen molar-refractivity contribution in [2.24, 2.45) is 5.92 Å². The van der Waals surface area contributed by atoms with Gasteiger partial charge in [-0.25, -0.2) is 4.79 Å². The maximum atomic E-state index is 11.8. The minimum atomic E-state index is -0.485. The summed E-state index contributed by atoms with van der Waals surface area (Å²) in [7, 11) is 0. The lowest BCUT2D eigenvalue weighted by Crippen LogP contribution is -2.46. The largest absolute Gasteiger partial charge is 0.445 e. The third-order valence-electron chi connectivity index (χ3n) is 3.40. The van der Waals surface area contributed by atoms with Crippen LogP contribution in [0.3, 0.4) is 0 Å². The van der Waals surface area contributed by atoms with Crippen LogP contribution in [0.4, 0.5) is 4.79 Å². The number of hydrogen-bond donors (Lipinski definition) is 2. The molecular formula is C15H20N2O3. The molecule has 1 aromatic carbocycles. The normalized spacial score (nSPS) is 21.6. The number of benzene rings is 1. The van der Waals surface area contributed by atoms with E-state index in [1.165, 1.54) is 0 Å². The number of ether oxygens (including phenoxy) is 1. The van der Waals surface area contributed by atoms with Crippen molar-refractivity contribution in [3.63, 3.8) is 0 Å². The van der Waals surface area contributed by atoms with E-state index < -0.39 is 6.09 Å². The van der Waals surface area contributed by atoms with Crippen molar-refractivity contribution in [2.75, 3.05) is 0 Å². The van der Waals surface area contributed by atoms with Gasteiger partial charge in [0.05, 0.1) is 12.1 Å². The molecule has 1 aliphatic heterocycles. The Bertz CT molecular complexity index is 473. The summed E-state index contributed by atoms with van der Waals surface area (Å²) in [6.07, 6.45) is -0.176. The Balaban J connectivity index is 1.83. The van der Waals surface area contributed by atoms with E-state index in [0.29, 0.717) is 6.42 Å². The van der Waals surface area contributed by atoms with Crippen LogP contribution < -0.4 is 10.6 Å². The van der Waals surface area contributed by atoms with Crippen LogP contribution in [-0.2, 0) is 16.1 Å². The van der Waals surface area contributed by atoms with E-state index in [1.807, 2.05) is 44.2 Å². The van der Waals surface area contributed by atoms with Gasteiger partial charge in [0.1, 0.15) is 6.61 Å². The predicted octanol–water partition coefficient (Wildman–Crippen LogP) is 1.83. The summed E-state index contributed by atoms with van der Waals surface area (Å²) >= 11 is 0. The molecule has 0 saturated carbocycles. The molecule has 108 valence electrons. The van der Waals surface area contributed by atoms with E-state index in [0.717, 1.165) is 5.56 Å². The van der Waals surface area contributed by atoms with Crippen molar-refractivity contribution in [2.45, 2.75) is 39.0 Å². The van der Waals surface area contributed by atoms with Gasteiger partial charge in [0, 0.05) is 6.42 Å². The molecule has 1 fully saturated rings. The first-order chi connectivity index (χ1) is 9.56. The summed E-state index contributed by atoms with van der Waals surface area (Å²) in [5, 5.41) is 5.64. The first kappa shape index (κ1) is 14.4. The zero-order valence-corrected chi connectivity index (χ0v) is 11.8. The van der Waals surface area contributed by atoms with E-state index in [1.54, 1.807) is 0 Å². The topological polar surface area (TPSA) is 67.4 Å². The lowest BCUT2D eigenvalue weighted by Gasteiger charge is -2.22. The molecule has 0 radical (unpaired) electrons. The van der Waals surface area contributed by atoms with Crippen molar-refractivity contribution in [3.05, 3.63) is 35.9 Å². The van der Waals surface area contributed by atoms with Gasteiger partial charge in [-0.1, -0.05) is 44.2 Å². The van der Waals surface area contributed by atoms with Crippen LogP contribution in [0.25, 0.3) is 0 Å². The molecular weight excluding hydrogens is 256 g/mol. The fourth-order valence-corrected chi connectivity index (χ4v) is 2.36. The highest BCUT2D eigenvalue weighted by atomic mass is 16.5. The Labute approximate surface area is 118 Å². The third-order valence-corrected chi connectivity index (χ3v) is 3.40. The van der Waals surface area contributed by atoms with Gasteiger partial charge < -0.3 is 15.4 Å². The SMILES string of the molecule is CC(C)[C@@H]1NC(=O)C[C@H]1NC(=O)OCc1ccccc1. The van der Waals surface area contributed by atoms with Gasteiger partial charge in [0.25, 0.3) is 0 Å². The number of rotatable bonds is 4. The molecule has 1 heterocycles. The van der Waals surface area contributed by atoms with E-state index >= 15 is 0 Å². The summed E-state index contributed by atoms with van der Waals surface area (Å²) in [6, 6.07) is 9.25. The number of amides is 2. The maximum Gasteiger partial charge on any atom is 0.407 e. The van der Waals surface area contributed by atoms with Gasteiger partial charge in [-0.15, -0.1) is 0 Å². The van der Waals surface area contributed by atoms with Crippen molar-refractivity contribution >= 4 is 12.0 Å². The van der Waals surface area contributed by atoms with Crippen molar-refractivity contribution in [1.29, 1.82) is 0 Å². The van der Waals surface area contributed by atoms with E-state index in [2.05, 4.69) is 10.6 Å². The van der Waals surface area contributed by atoms with Gasteiger partial charge in [-0.2, -0.15) is 0 Å². The maximum absolute atomic E-state index is 11.8. The van der Waals surface area contributed by atoms with E-state index in [9.17, 15) is 9.59 Å². The summed E-state index contributed by atoms with van der Waals surface area (Å²) in [5.41, 5.74) is 0.934. The highest BCUT2D eigenvalue weighted by Crippen LogP contribution is 2.16. The number of alkyl carbamates (subject to hydrolysis) is 1. The molecule has 2 N–H and O–H groups in total. The van der Waals surface area contributed by atoms with Crippen LogP contribution in [-0.4, -0.2) is 24.1 Å². The number of hydrogen-bond acceptors (Lipinski definition) is 3. The summed E-state index contributed by atoms with van der Waals surface area (Å²) in [4.78, 5) is 23.2. The monoisotopic (exact) mass is 276 g/mol. The van der Waals surface area contributed by atoms with Crippen molar-refractivity contribution < 1.29 is 14.3 Å². The van der Waals surface area contributed by atoms with Gasteiger partial charge in [0.2, 0.25) is 5.91 Å². The number of carbonyl (C=O) groups is 2. The highest BCUT2D eigenvalue weighted by molar-refractivity contribution is 5.81. The average Bonchev–Trinajstić information content (AvgIpc) is 2.79. The molecule has 2 amide bonds. The third kappa shape index (κ3) is 3.73. The molecule has 0 spiro atoms. The van der Waals surface area contributed by atoms with Gasteiger partial charge in [-0.3, -0.25) is 4.79 Å². The lowest BCUT2D eigenvalue weighted by atomic mass is 9.98. The zero-order chi connectivity index (χ0) is 14.5. The molecule has 0 unspecified atom stereocenters. The summed E-state index contributed by atoms with van der Waals surface area (Å²) in [5.74, 6) is 0.234. The second kappa shape index (κ2) is 6.41. The molecule has 2 atom stereocenters. The Hall–Kier alpha value is -2.04. The Morgan fingerprint density at radius 2 is 2.10 bits per heavy atom. The smallest absolute Gasteiger partial charge is 0.407 e. The van der Waals surface area contributed by atoms with E-state index in [-0.39, 0.29) is 30.5 Å². The molecule has 20 heavy (non-hydrogen) atoms. The molecule has 1 saturated heterocycles. The van der Waals surface area contributed by atoms with Gasteiger partial charge >= 0.3 is 6.09 Å². The molecule has 0 aromatic heterocycles. The van der Waals surface area contributed by atoms with Crippen LogP contribution in [0.5, 0.6) is 0 Å². The van der Waals surface area contributed by atoms with Crippen molar-refractivity contribution in [3.8, 4) is 0 Å². The molecule has 1 aromatic rings. The second-order valence-corrected chi connectivity index (χ2v) is 5.35. The van der Waals surface area contributed by atoms with Crippen LogP contribution in [0, 0.1) is 5.92 Å². The summed E-state index contributed by atoms with van der Waals surface area (Å²) < 4.78 is 5.16. The zero-order valence-electron chi connectivity index (χ0n) is 11.8. The van der Waals surface area contributed by atoms with Gasteiger partial charge in [-0.05, 0) is 11.5 Å². The standard InChI is InChI=1S/C15H20N2O3/c1-10(2)14-12(8-13(18)17-14)16-15(19)20-9-11-6-4-3-5-7-11/h3-7,10,12,14H,8-9H2,1-2H3,(H,16,19)(H,17,18)/t12-,14+/m1/s1. The number of carbonyl (C=O) groups excluding carboxylic acids is 2. The quantitative estimate of drug-likeness (QED) is 0.881. The van der Waals surface area contributed by atoms with Crippen LogP contribution in [0.1, 0.15) is 25.8 Å². The highest BCUT2D eigenvalue weighted by Gasteiger charge is 2.35. The first-order valence-corrected chi connectivity index (χ1v) is 6.83. The Kier molecular flexibility index (Phi) is 4.61. The Morgan fingerprint density at radius 1 is 1.40 bits per heavy atom.